The Hall–Kier alpha value is -3.40. The molecule has 3 aromatic carbocycles. The zero-order valence-electron chi connectivity index (χ0n) is 12.9. The van der Waals surface area contributed by atoms with E-state index in [1.54, 1.807) is 0 Å². The van der Waals surface area contributed by atoms with Crippen molar-refractivity contribution in [2.75, 3.05) is 0 Å². The summed E-state index contributed by atoms with van der Waals surface area (Å²) in [7, 11) is 0. The molecule has 1 heterocycles. The van der Waals surface area contributed by atoms with Crippen LogP contribution in [0.3, 0.4) is 0 Å². The molecule has 0 unspecified atom stereocenters. The van der Waals surface area contributed by atoms with E-state index in [2.05, 4.69) is 20.4 Å². The van der Waals surface area contributed by atoms with Gasteiger partial charge in [0.05, 0.1) is 11.3 Å². The number of azo groups is 1. The van der Waals surface area contributed by atoms with E-state index in [1.807, 2.05) is 84.9 Å². The number of hydrogen-bond acceptors (Lipinski definition) is 3. The minimum Gasteiger partial charge on any atom is -0.148 e. The first-order chi connectivity index (χ1) is 11.9. The SMILES string of the molecule is c1ccc(C(=N/N=C2\N=Nc3ccccc32)c2ccccc2)cc1. The Morgan fingerprint density at radius 3 is 1.88 bits per heavy atom. The Balaban J connectivity index is 1.79. The van der Waals surface area contributed by atoms with Gasteiger partial charge in [-0.3, -0.25) is 0 Å². The first-order valence-electron chi connectivity index (χ1n) is 7.69. The molecular weight excluding hydrogens is 296 g/mol. The van der Waals surface area contributed by atoms with E-state index >= 15 is 0 Å². The maximum Gasteiger partial charge on any atom is 0.205 e. The molecule has 0 aliphatic carbocycles. The molecule has 0 saturated carbocycles. The van der Waals surface area contributed by atoms with Crippen molar-refractivity contribution in [2.24, 2.45) is 20.4 Å². The summed E-state index contributed by atoms with van der Waals surface area (Å²) in [4.78, 5) is 0. The van der Waals surface area contributed by atoms with Gasteiger partial charge in [-0.2, -0.15) is 0 Å². The van der Waals surface area contributed by atoms with Crippen LogP contribution in [-0.4, -0.2) is 11.5 Å². The van der Waals surface area contributed by atoms with Crippen molar-refractivity contribution in [1.82, 2.24) is 0 Å². The average Bonchev–Trinajstić information content (AvgIpc) is 3.07. The van der Waals surface area contributed by atoms with E-state index in [0.29, 0.717) is 5.84 Å². The number of benzene rings is 3. The van der Waals surface area contributed by atoms with Crippen LogP contribution in [0.2, 0.25) is 0 Å². The van der Waals surface area contributed by atoms with Crippen LogP contribution >= 0.6 is 0 Å². The average molecular weight is 310 g/mol. The molecule has 3 aromatic rings. The summed E-state index contributed by atoms with van der Waals surface area (Å²) < 4.78 is 0. The van der Waals surface area contributed by atoms with Crippen LogP contribution in [0.4, 0.5) is 5.69 Å². The Labute approximate surface area is 139 Å². The van der Waals surface area contributed by atoms with Gasteiger partial charge in [-0.05, 0) is 12.1 Å². The molecule has 0 bridgehead atoms. The second kappa shape index (κ2) is 6.38. The third kappa shape index (κ3) is 2.77. The van der Waals surface area contributed by atoms with E-state index in [1.165, 1.54) is 0 Å². The second-order valence-electron chi connectivity index (χ2n) is 5.32. The van der Waals surface area contributed by atoms with Crippen LogP contribution < -0.4 is 0 Å². The molecule has 114 valence electrons. The standard InChI is InChI=1S/C20H14N4/c1-3-9-15(10-4-1)19(16-11-5-2-6-12-16)22-24-20-17-13-7-8-14-18(17)21-23-20/h1-14H/b24-20-. The van der Waals surface area contributed by atoms with E-state index in [0.717, 1.165) is 28.1 Å². The monoisotopic (exact) mass is 310 g/mol. The zero-order chi connectivity index (χ0) is 16.2. The van der Waals surface area contributed by atoms with Gasteiger partial charge in [0.2, 0.25) is 5.84 Å². The van der Waals surface area contributed by atoms with E-state index < -0.39 is 0 Å². The molecule has 0 aromatic heterocycles. The molecular formula is C20H14N4. The molecule has 0 N–H and O–H groups in total. The van der Waals surface area contributed by atoms with Crippen molar-refractivity contribution >= 4 is 17.2 Å². The van der Waals surface area contributed by atoms with Gasteiger partial charge in [-0.25, -0.2) is 0 Å². The van der Waals surface area contributed by atoms with Crippen LogP contribution in [0.25, 0.3) is 0 Å². The first-order valence-corrected chi connectivity index (χ1v) is 7.69. The van der Waals surface area contributed by atoms with Crippen LogP contribution in [0.15, 0.2) is 105 Å². The Bertz CT molecular complexity index is 900. The van der Waals surface area contributed by atoms with Gasteiger partial charge in [-0.1, -0.05) is 72.8 Å². The molecule has 0 radical (unpaired) electrons. The van der Waals surface area contributed by atoms with Crippen molar-refractivity contribution < 1.29 is 0 Å². The third-order valence-corrected chi connectivity index (χ3v) is 3.74. The largest absolute Gasteiger partial charge is 0.205 e. The van der Waals surface area contributed by atoms with E-state index in [-0.39, 0.29) is 0 Å². The molecule has 4 heteroatoms. The molecule has 1 aliphatic rings. The van der Waals surface area contributed by atoms with Crippen molar-refractivity contribution in [3.8, 4) is 0 Å². The fraction of sp³-hybridized carbons (Fsp3) is 0. The van der Waals surface area contributed by atoms with Gasteiger partial charge < -0.3 is 0 Å². The lowest BCUT2D eigenvalue weighted by atomic mass is 10.0. The summed E-state index contributed by atoms with van der Waals surface area (Å²) in [5.41, 5.74) is 4.56. The van der Waals surface area contributed by atoms with Gasteiger partial charge in [0.25, 0.3) is 0 Å². The number of amidine groups is 1. The minimum absolute atomic E-state index is 0.537. The summed E-state index contributed by atoms with van der Waals surface area (Å²) in [5.74, 6) is 0.537. The highest BCUT2D eigenvalue weighted by molar-refractivity contribution is 6.13. The van der Waals surface area contributed by atoms with Crippen LogP contribution in [-0.2, 0) is 0 Å². The predicted molar refractivity (Wildman–Crippen MR) is 96.0 cm³/mol. The summed E-state index contributed by atoms with van der Waals surface area (Å²) in [6.45, 7) is 0. The quantitative estimate of drug-likeness (QED) is 0.484. The van der Waals surface area contributed by atoms with Gasteiger partial charge in [0.1, 0.15) is 5.71 Å². The normalized spacial score (nSPS) is 13.8. The first kappa shape index (κ1) is 14.2. The van der Waals surface area contributed by atoms with E-state index in [4.69, 9.17) is 0 Å². The third-order valence-electron chi connectivity index (χ3n) is 3.74. The summed E-state index contributed by atoms with van der Waals surface area (Å²) in [6, 6.07) is 27.8. The Morgan fingerprint density at radius 2 is 1.21 bits per heavy atom. The number of fused-ring (bicyclic) bond motifs is 1. The fourth-order valence-electron chi connectivity index (χ4n) is 2.55. The minimum atomic E-state index is 0.537. The number of nitrogens with zero attached hydrogens (tertiary/aromatic N) is 4. The predicted octanol–water partition coefficient (Wildman–Crippen LogP) is 4.98. The number of rotatable bonds is 3. The molecule has 0 fully saturated rings. The number of hydrogen-bond donors (Lipinski definition) is 0. The lowest BCUT2D eigenvalue weighted by Gasteiger charge is -2.05. The maximum atomic E-state index is 4.50. The van der Waals surface area contributed by atoms with Crippen molar-refractivity contribution in [3.63, 3.8) is 0 Å². The molecule has 0 atom stereocenters. The van der Waals surface area contributed by atoms with Crippen molar-refractivity contribution in [1.29, 1.82) is 0 Å². The van der Waals surface area contributed by atoms with Crippen LogP contribution in [0, 0.1) is 0 Å². The molecule has 0 spiro atoms. The molecule has 1 aliphatic heterocycles. The van der Waals surface area contributed by atoms with Gasteiger partial charge in [0, 0.05) is 11.1 Å². The summed E-state index contributed by atoms with van der Waals surface area (Å²) in [5, 5.41) is 17.1. The van der Waals surface area contributed by atoms with Crippen molar-refractivity contribution in [3.05, 3.63) is 102 Å². The lowest BCUT2D eigenvalue weighted by Crippen LogP contribution is -2.03. The van der Waals surface area contributed by atoms with E-state index in [9.17, 15) is 0 Å². The van der Waals surface area contributed by atoms with Crippen LogP contribution in [0.5, 0.6) is 0 Å². The summed E-state index contributed by atoms with van der Waals surface area (Å²) in [6.07, 6.45) is 0. The smallest absolute Gasteiger partial charge is 0.148 e. The van der Waals surface area contributed by atoms with Gasteiger partial charge in [-0.15, -0.1) is 20.4 Å². The summed E-state index contributed by atoms with van der Waals surface area (Å²) >= 11 is 0. The highest BCUT2D eigenvalue weighted by atomic mass is 15.3. The molecule has 0 saturated heterocycles. The lowest BCUT2D eigenvalue weighted by molar-refractivity contribution is 1.20. The zero-order valence-corrected chi connectivity index (χ0v) is 12.9. The van der Waals surface area contributed by atoms with Crippen molar-refractivity contribution in [2.45, 2.75) is 0 Å². The second-order valence-corrected chi connectivity index (χ2v) is 5.32. The Kier molecular flexibility index (Phi) is 3.78. The molecule has 0 amide bonds. The van der Waals surface area contributed by atoms with Gasteiger partial charge in [0.15, 0.2) is 0 Å². The fourth-order valence-corrected chi connectivity index (χ4v) is 2.55. The highest BCUT2D eigenvalue weighted by Gasteiger charge is 2.15. The Morgan fingerprint density at radius 1 is 0.625 bits per heavy atom. The molecule has 4 nitrogen and oxygen atoms in total. The van der Waals surface area contributed by atoms with Gasteiger partial charge >= 0.3 is 0 Å². The van der Waals surface area contributed by atoms with Crippen LogP contribution in [0.1, 0.15) is 16.7 Å². The molecule has 24 heavy (non-hydrogen) atoms. The molecule has 4 rings (SSSR count). The highest BCUT2D eigenvalue weighted by Crippen LogP contribution is 2.26. The maximum absolute atomic E-state index is 4.50. The topological polar surface area (TPSA) is 49.4 Å².